The Labute approximate surface area is 108 Å². The SMILES string of the molecule is O=C(NN=Cc1ccc(O)cc1O)c1cnccn1. The second-order valence-electron chi connectivity index (χ2n) is 3.53. The molecular formula is C12H10N4O3. The van der Waals surface area contributed by atoms with Gasteiger partial charge in [0.2, 0.25) is 0 Å². The van der Waals surface area contributed by atoms with Crippen LogP contribution in [0.4, 0.5) is 0 Å². The Hall–Kier alpha value is -2.96. The van der Waals surface area contributed by atoms with Crippen LogP contribution in [0.2, 0.25) is 0 Å². The molecule has 1 heterocycles. The van der Waals surface area contributed by atoms with Gasteiger partial charge in [-0.05, 0) is 12.1 Å². The van der Waals surface area contributed by atoms with Gasteiger partial charge in [0, 0.05) is 24.0 Å². The minimum Gasteiger partial charge on any atom is -0.508 e. The smallest absolute Gasteiger partial charge is 0.291 e. The van der Waals surface area contributed by atoms with Crippen molar-refractivity contribution in [1.82, 2.24) is 15.4 Å². The van der Waals surface area contributed by atoms with Gasteiger partial charge in [-0.1, -0.05) is 0 Å². The number of amides is 1. The van der Waals surface area contributed by atoms with Gasteiger partial charge in [0.05, 0.1) is 12.4 Å². The molecule has 2 rings (SSSR count). The first-order chi connectivity index (χ1) is 9.16. The van der Waals surface area contributed by atoms with Gasteiger partial charge >= 0.3 is 0 Å². The molecule has 0 unspecified atom stereocenters. The van der Waals surface area contributed by atoms with E-state index in [1.165, 1.54) is 43.0 Å². The van der Waals surface area contributed by atoms with Gasteiger partial charge in [0.15, 0.2) is 0 Å². The Morgan fingerprint density at radius 3 is 2.84 bits per heavy atom. The topological polar surface area (TPSA) is 108 Å². The number of aromatic nitrogens is 2. The Morgan fingerprint density at radius 1 is 1.32 bits per heavy atom. The molecule has 19 heavy (non-hydrogen) atoms. The summed E-state index contributed by atoms with van der Waals surface area (Å²) in [5.74, 6) is -0.710. The molecule has 0 saturated carbocycles. The second kappa shape index (κ2) is 5.58. The van der Waals surface area contributed by atoms with Gasteiger partial charge in [-0.25, -0.2) is 10.4 Å². The highest BCUT2D eigenvalue weighted by Gasteiger charge is 2.05. The van der Waals surface area contributed by atoms with Crippen LogP contribution in [-0.4, -0.2) is 32.3 Å². The Kier molecular flexibility index (Phi) is 3.67. The summed E-state index contributed by atoms with van der Waals surface area (Å²) in [6.45, 7) is 0. The predicted octanol–water partition coefficient (Wildman–Crippen LogP) is 0.652. The molecule has 0 aliphatic carbocycles. The molecule has 0 aliphatic rings. The normalized spacial score (nSPS) is 10.5. The summed E-state index contributed by atoms with van der Waals surface area (Å²) in [5, 5.41) is 22.3. The monoisotopic (exact) mass is 258 g/mol. The van der Waals surface area contributed by atoms with Crippen LogP contribution in [0.25, 0.3) is 0 Å². The summed E-state index contributed by atoms with van der Waals surface area (Å²) in [4.78, 5) is 19.1. The summed E-state index contributed by atoms with van der Waals surface area (Å²) in [7, 11) is 0. The second-order valence-corrected chi connectivity index (χ2v) is 3.53. The number of hydrogen-bond donors (Lipinski definition) is 3. The van der Waals surface area contributed by atoms with Crippen LogP contribution in [0.1, 0.15) is 16.1 Å². The van der Waals surface area contributed by atoms with Crippen LogP contribution in [0, 0.1) is 0 Å². The maximum absolute atomic E-state index is 11.5. The number of phenols is 2. The van der Waals surface area contributed by atoms with Crippen LogP contribution >= 0.6 is 0 Å². The van der Waals surface area contributed by atoms with Crippen molar-refractivity contribution in [3.8, 4) is 11.5 Å². The van der Waals surface area contributed by atoms with Gasteiger partial charge in [-0.15, -0.1) is 0 Å². The first-order valence-corrected chi connectivity index (χ1v) is 5.28. The molecule has 3 N–H and O–H groups in total. The van der Waals surface area contributed by atoms with E-state index in [9.17, 15) is 9.90 Å². The fourth-order valence-electron chi connectivity index (χ4n) is 1.28. The lowest BCUT2D eigenvalue weighted by Crippen LogP contribution is -2.19. The molecule has 7 nitrogen and oxygen atoms in total. The van der Waals surface area contributed by atoms with E-state index in [4.69, 9.17) is 5.11 Å². The largest absolute Gasteiger partial charge is 0.508 e. The molecule has 0 saturated heterocycles. The van der Waals surface area contributed by atoms with E-state index in [0.29, 0.717) is 5.56 Å². The van der Waals surface area contributed by atoms with Crippen LogP contribution < -0.4 is 5.43 Å². The van der Waals surface area contributed by atoms with Crippen LogP contribution in [-0.2, 0) is 0 Å². The number of aromatic hydroxyl groups is 2. The van der Waals surface area contributed by atoms with Gasteiger partial charge in [0.25, 0.3) is 5.91 Å². The van der Waals surface area contributed by atoms with E-state index in [1.807, 2.05) is 0 Å². The Balaban J connectivity index is 2.02. The van der Waals surface area contributed by atoms with E-state index < -0.39 is 5.91 Å². The van der Waals surface area contributed by atoms with Crippen molar-refractivity contribution in [3.05, 3.63) is 48.0 Å². The molecule has 0 bridgehead atoms. The number of benzene rings is 1. The van der Waals surface area contributed by atoms with E-state index >= 15 is 0 Å². The van der Waals surface area contributed by atoms with E-state index in [1.54, 1.807) is 0 Å². The molecule has 96 valence electrons. The number of rotatable bonds is 3. The predicted molar refractivity (Wildman–Crippen MR) is 66.9 cm³/mol. The lowest BCUT2D eigenvalue weighted by molar-refractivity contribution is 0.0949. The van der Waals surface area contributed by atoms with Crippen molar-refractivity contribution < 1.29 is 15.0 Å². The average Bonchev–Trinajstić information content (AvgIpc) is 2.42. The zero-order valence-corrected chi connectivity index (χ0v) is 9.69. The number of nitrogens with zero attached hydrogens (tertiary/aromatic N) is 3. The fraction of sp³-hybridized carbons (Fsp3) is 0. The van der Waals surface area contributed by atoms with Crippen LogP contribution in [0.3, 0.4) is 0 Å². The first-order valence-electron chi connectivity index (χ1n) is 5.28. The minimum absolute atomic E-state index is 0.0572. The third-order valence-corrected chi connectivity index (χ3v) is 2.18. The zero-order valence-electron chi connectivity index (χ0n) is 9.69. The van der Waals surface area contributed by atoms with Crippen molar-refractivity contribution in [3.63, 3.8) is 0 Å². The van der Waals surface area contributed by atoms with Crippen molar-refractivity contribution in [1.29, 1.82) is 0 Å². The van der Waals surface area contributed by atoms with Crippen molar-refractivity contribution in [2.75, 3.05) is 0 Å². The van der Waals surface area contributed by atoms with E-state index in [-0.39, 0.29) is 17.2 Å². The molecule has 2 aromatic rings. The molecule has 1 amide bonds. The lowest BCUT2D eigenvalue weighted by atomic mass is 10.2. The third kappa shape index (κ3) is 3.25. The first kappa shape index (κ1) is 12.5. The summed E-state index contributed by atoms with van der Waals surface area (Å²) < 4.78 is 0. The number of hydrazone groups is 1. The van der Waals surface area contributed by atoms with E-state index in [0.717, 1.165) is 0 Å². The minimum atomic E-state index is -0.511. The zero-order chi connectivity index (χ0) is 13.7. The van der Waals surface area contributed by atoms with Gasteiger partial charge in [-0.3, -0.25) is 9.78 Å². The Bertz CT molecular complexity index is 614. The van der Waals surface area contributed by atoms with E-state index in [2.05, 4.69) is 20.5 Å². The number of nitrogens with one attached hydrogen (secondary N) is 1. The van der Waals surface area contributed by atoms with Gasteiger partial charge < -0.3 is 10.2 Å². The van der Waals surface area contributed by atoms with Crippen LogP contribution in [0.5, 0.6) is 11.5 Å². The third-order valence-electron chi connectivity index (χ3n) is 2.18. The van der Waals surface area contributed by atoms with Gasteiger partial charge in [0.1, 0.15) is 17.2 Å². The van der Waals surface area contributed by atoms with Gasteiger partial charge in [-0.2, -0.15) is 5.10 Å². The number of carbonyl (C=O) groups excluding carboxylic acids is 1. The molecule has 0 radical (unpaired) electrons. The van der Waals surface area contributed by atoms with Crippen molar-refractivity contribution in [2.45, 2.75) is 0 Å². The fourth-order valence-corrected chi connectivity index (χ4v) is 1.28. The highest BCUT2D eigenvalue weighted by molar-refractivity contribution is 5.93. The van der Waals surface area contributed by atoms with Crippen molar-refractivity contribution >= 4 is 12.1 Å². The highest BCUT2D eigenvalue weighted by atomic mass is 16.3. The molecule has 1 aromatic heterocycles. The average molecular weight is 258 g/mol. The number of carbonyl (C=O) groups is 1. The maximum atomic E-state index is 11.5. The standard InChI is InChI=1S/C12H10N4O3/c17-9-2-1-8(11(18)5-9)6-15-16-12(19)10-7-13-3-4-14-10/h1-7,17-18H,(H,16,19). The lowest BCUT2D eigenvalue weighted by Gasteiger charge is -2.00. The molecule has 0 aliphatic heterocycles. The molecule has 0 atom stereocenters. The summed E-state index contributed by atoms with van der Waals surface area (Å²) in [6.07, 6.45) is 5.41. The number of hydrogen-bond acceptors (Lipinski definition) is 6. The summed E-state index contributed by atoms with van der Waals surface area (Å²) in [6, 6.07) is 4.03. The summed E-state index contributed by atoms with van der Waals surface area (Å²) >= 11 is 0. The van der Waals surface area contributed by atoms with Crippen molar-refractivity contribution in [2.24, 2.45) is 5.10 Å². The Morgan fingerprint density at radius 2 is 2.16 bits per heavy atom. The summed E-state index contributed by atoms with van der Waals surface area (Å²) in [5.41, 5.74) is 2.74. The van der Waals surface area contributed by atoms with Crippen LogP contribution in [0.15, 0.2) is 41.9 Å². The number of phenolic OH excluding ortho intramolecular Hbond substituents is 2. The molecule has 7 heteroatoms. The molecular weight excluding hydrogens is 248 g/mol. The highest BCUT2D eigenvalue weighted by Crippen LogP contribution is 2.20. The molecule has 0 fully saturated rings. The quantitative estimate of drug-likeness (QED) is 0.553. The molecule has 0 spiro atoms. The molecule has 1 aromatic carbocycles. The maximum Gasteiger partial charge on any atom is 0.291 e.